The van der Waals surface area contributed by atoms with Gasteiger partial charge in [-0.25, -0.2) is 0 Å². The Morgan fingerprint density at radius 2 is 1.29 bits per heavy atom. The van der Waals surface area contributed by atoms with Crippen LogP contribution in [0.3, 0.4) is 0 Å². The van der Waals surface area contributed by atoms with E-state index in [0.717, 1.165) is 25.7 Å². The normalized spacial score (nSPS) is 12.1. The minimum atomic E-state index is 0. The van der Waals surface area contributed by atoms with Gasteiger partial charge in [-0.15, -0.1) is 0 Å². The first-order chi connectivity index (χ1) is 7.56. The average molecular weight is 262 g/mol. The molecule has 17 heavy (non-hydrogen) atoms. The van der Waals surface area contributed by atoms with Gasteiger partial charge in [0.2, 0.25) is 0 Å². The SMILES string of the molecule is CC(C)=CCCC(C)=CCCC(C)=CCO.[KH]. The zero-order valence-electron chi connectivity index (χ0n) is 11.2. The van der Waals surface area contributed by atoms with Gasteiger partial charge in [-0.05, 0) is 53.4 Å². The topological polar surface area (TPSA) is 20.2 Å². The molecule has 0 aliphatic carbocycles. The summed E-state index contributed by atoms with van der Waals surface area (Å²) in [6.45, 7) is 8.71. The summed E-state index contributed by atoms with van der Waals surface area (Å²) in [7, 11) is 0. The first-order valence-electron chi connectivity index (χ1n) is 6.11. The molecule has 0 aromatic carbocycles. The van der Waals surface area contributed by atoms with Crippen molar-refractivity contribution in [2.45, 2.75) is 53.4 Å². The van der Waals surface area contributed by atoms with Crippen LogP contribution in [0.15, 0.2) is 34.9 Å². The van der Waals surface area contributed by atoms with Crippen molar-refractivity contribution in [3.63, 3.8) is 0 Å². The van der Waals surface area contributed by atoms with Crippen molar-refractivity contribution in [1.29, 1.82) is 0 Å². The second-order valence-corrected chi connectivity index (χ2v) is 4.64. The van der Waals surface area contributed by atoms with E-state index >= 15 is 0 Å². The number of rotatable bonds is 7. The molecule has 1 N–H and O–H groups in total. The summed E-state index contributed by atoms with van der Waals surface area (Å²) in [5.41, 5.74) is 4.14. The molecule has 0 aromatic rings. The summed E-state index contributed by atoms with van der Waals surface area (Å²) in [6, 6.07) is 0. The molecule has 2 heteroatoms. The maximum atomic E-state index is 8.72. The second kappa shape index (κ2) is 13.3. The van der Waals surface area contributed by atoms with Gasteiger partial charge < -0.3 is 5.11 Å². The van der Waals surface area contributed by atoms with Crippen molar-refractivity contribution in [3.05, 3.63) is 34.9 Å². The predicted molar refractivity (Wildman–Crippen MR) is 79.6 cm³/mol. The Balaban J connectivity index is 0. The molecule has 0 amide bonds. The van der Waals surface area contributed by atoms with Crippen LogP contribution in [-0.4, -0.2) is 63.1 Å². The summed E-state index contributed by atoms with van der Waals surface area (Å²) < 4.78 is 0. The van der Waals surface area contributed by atoms with Crippen molar-refractivity contribution in [2.24, 2.45) is 0 Å². The molecule has 0 aliphatic rings. The van der Waals surface area contributed by atoms with Crippen LogP contribution in [0.2, 0.25) is 0 Å². The van der Waals surface area contributed by atoms with E-state index in [0.29, 0.717) is 0 Å². The van der Waals surface area contributed by atoms with Crippen LogP contribution >= 0.6 is 0 Å². The first-order valence-corrected chi connectivity index (χ1v) is 6.11. The van der Waals surface area contributed by atoms with Crippen molar-refractivity contribution in [2.75, 3.05) is 6.61 Å². The van der Waals surface area contributed by atoms with Crippen LogP contribution in [0.1, 0.15) is 53.4 Å². The Hall–Kier alpha value is 0.816. The fraction of sp³-hybridized carbons (Fsp3) is 0.600. The van der Waals surface area contributed by atoms with E-state index in [1.54, 1.807) is 0 Å². The Labute approximate surface area is 149 Å². The molecule has 0 atom stereocenters. The van der Waals surface area contributed by atoms with Gasteiger partial charge in [0.05, 0.1) is 6.61 Å². The predicted octanol–water partition coefficient (Wildman–Crippen LogP) is 3.75. The van der Waals surface area contributed by atoms with Gasteiger partial charge in [-0.3, -0.25) is 0 Å². The number of aliphatic hydroxyl groups is 1. The summed E-state index contributed by atoms with van der Waals surface area (Å²) in [5, 5.41) is 8.72. The van der Waals surface area contributed by atoms with E-state index in [-0.39, 0.29) is 58.0 Å². The van der Waals surface area contributed by atoms with Crippen LogP contribution in [0.4, 0.5) is 0 Å². The molecule has 0 radical (unpaired) electrons. The zero-order chi connectivity index (χ0) is 12.4. The molecule has 1 nitrogen and oxygen atoms in total. The number of allylic oxidation sites excluding steroid dienone is 5. The van der Waals surface area contributed by atoms with Crippen molar-refractivity contribution < 1.29 is 5.11 Å². The number of hydrogen-bond acceptors (Lipinski definition) is 1. The number of aliphatic hydroxyl groups excluding tert-OH is 1. The third kappa shape index (κ3) is 14.8. The molecule has 0 bridgehead atoms. The fourth-order valence-electron chi connectivity index (χ4n) is 1.49. The average Bonchev–Trinajstić information content (AvgIpc) is 2.17. The van der Waals surface area contributed by atoms with E-state index < -0.39 is 0 Å². The minimum absolute atomic E-state index is 0. The summed E-state index contributed by atoms with van der Waals surface area (Å²) >= 11 is 0. The Bertz CT molecular complexity index is 271. The molecule has 94 valence electrons. The molecule has 0 fully saturated rings. The molecule has 0 rings (SSSR count). The van der Waals surface area contributed by atoms with Crippen LogP contribution < -0.4 is 0 Å². The monoisotopic (exact) mass is 262 g/mol. The Morgan fingerprint density at radius 3 is 1.76 bits per heavy atom. The Morgan fingerprint density at radius 1 is 0.824 bits per heavy atom. The van der Waals surface area contributed by atoms with E-state index in [1.807, 2.05) is 6.08 Å². The number of hydrogen-bond donors (Lipinski definition) is 1. The van der Waals surface area contributed by atoms with Crippen LogP contribution in [0.25, 0.3) is 0 Å². The zero-order valence-corrected chi connectivity index (χ0v) is 11.2. The third-order valence-corrected chi connectivity index (χ3v) is 2.56. The molecule has 0 aliphatic heterocycles. The van der Waals surface area contributed by atoms with Crippen LogP contribution in [0, 0.1) is 0 Å². The van der Waals surface area contributed by atoms with Gasteiger partial charge in [0.15, 0.2) is 0 Å². The molecule has 0 saturated carbocycles. The summed E-state index contributed by atoms with van der Waals surface area (Å²) in [4.78, 5) is 0. The first kappa shape index (κ1) is 20.1. The Kier molecular flexibility index (Phi) is 15.7. The third-order valence-electron chi connectivity index (χ3n) is 2.56. The van der Waals surface area contributed by atoms with Gasteiger partial charge in [0, 0.05) is 0 Å². The molecule has 0 saturated heterocycles. The molecule has 0 unspecified atom stereocenters. The molecular formula is C15H27KO. The standard InChI is InChI=1S/C15H26O.K.H/c1-13(2)7-5-8-14(3)9-6-10-15(4)11-12-16;;/h7,9,11,16H,5-6,8,10,12H2,1-4H3;;. The van der Waals surface area contributed by atoms with E-state index in [4.69, 9.17) is 5.11 Å². The summed E-state index contributed by atoms with van der Waals surface area (Å²) in [5.74, 6) is 0. The van der Waals surface area contributed by atoms with Gasteiger partial charge in [0.25, 0.3) is 0 Å². The van der Waals surface area contributed by atoms with Crippen LogP contribution in [-0.2, 0) is 0 Å². The maximum absolute atomic E-state index is 8.72. The fourth-order valence-corrected chi connectivity index (χ4v) is 1.49. The molecular weight excluding hydrogens is 235 g/mol. The molecule has 0 aromatic heterocycles. The summed E-state index contributed by atoms with van der Waals surface area (Å²) in [6.07, 6.45) is 10.9. The van der Waals surface area contributed by atoms with E-state index in [1.165, 1.54) is 16.7 Å². The molecule has 0 heterocycles. The van der Waals surface area contributed by atoms with Gasteiger partial charge in [-0.2, -0.15) is 0 Å². The van der Waals surface area contributed by atoms with Crippen LogP contribution in [0.5, 0.6) is 0 Å². The van der Waals surface area contributed by atoms with Crippen molar-refractivity contribution >= 4 is 51.4 Å². The van der Waals surface area contributed by atoms with Gasteiger partial charge >= 0.3 is 51.4 Å². The quantitative estimate of drug-likeness (QED) is 0.547. The van der Waals surface area contributed by atoms with Crippen molar-refractivity contribution in [3.8, 4) is 0 Å². The van der Waals surface area contributed by atoms with Gasteiger partial charge in [-0.1, -0.05) is 34.9 Å². The van der Waals surface area contributed by atoms with E-state index in [9.17, 15) is 0 Å². The second-order valence-electron chi connectivity index (χ2n) is 4.64. The van der Waals surface area contributed by atoms with Gasteiger partial charge in [0.1, 0.15) is 0 Å². The van der Waals surface area contributed by atoms with Crippen molar-refractivity contribution in [1.82, 2.24) is 0 Å². The molecule has 0 spiro atoms. The van der Waals surface area contributed by atoms with E-state index in [2.05, 4.69) is 39.8 Å².